The molecule has 0 spiro atoms. The van der Waals surface area contributed by atoms with Crippen molar-refractivity contribution < 1.29 is 14.3 Å². The topological polar surface area (TPSA) is 50.4 Å². The molecule has 0 fully saturated rings. The lowest BCUT2D eigenvalue weighted by Gasteiger charge is -1.92. The number of hydrogen-bond acceptors (Lipinski definition) is 2. The van der Waals surface area contributed by atoms with Gasteiger partial charge in [-0.2, -0.15) is 0 Å². The van der Waals surface area contributed by atoms with Gasteiger partial charge in [0.2, 0.25) is 0 Å². The summed E-state index contributed by atoms with van der Waals surface area (Å²) in [5.74, 6) is -0.0586. The molecule has 0 aliphatic heterocycles. The molecule has 0 amide bonds. The molecule has 0 aliphatic carbocycles. The number of carboxylic acids is 1. The molecule has 1 N–H and O–H groups in total. The van der Waals surface area contributed by atoms with Crippen molar-refractivity contribution in [3.63, 3.8) is 0 Å². The molecule has 0 saturated carbocycles. The quantitative estimate of drug-likeness (QED) is 0.656. The number of hydrogen-bond donors (Lipinski definition) is 1. The summed E-state index contributed by atoms with van der Waals surface area (Å²) in [6, 6.07) is 3.29. The summed E-state index contributed by atoms with van der Waals surface area (Å²) < 4.78 is 5.03. The molecule has 1 aromatic heterocycles. The van der Waals surface area contributed by atoms with E-state index in [4.69, 9.17) is 9.52 Å². The SMILES string of the molecule is C=C(C(=O)O)c1ccc(C)o1. The summed E-state index contributed by atoms with van der Waals surface area (Å²) in [6.45, 7) is 5.09. The Labute approximate surface area is 64.0 Å². The number of carbonyl (C=O) groups is 1. The van der Waals surface area contributed by atoms with E-state index in [2.05, 4.69) is 6.58 Å². The molecular formula is C8H8O3. The molecule has 3 heteroatoms. The van der Waals surface area contributed by atoms with Crippen LogP contribution in [0.3, 0.4) is 0 Å². The summed E-state index contributed by atoms with van der Waals surface area (Å²) in [4.78, 5) is 10.3. The zero-order valence-electron chi connectivity index (χ0n) is 6.13. The van der Waals surface area contributed by atoms with Crippen LogP contribution in [-0.2, 0) is 4.79 Å². The first-order valence-electron chi connectivity index (χ1n) is 3.10. The second-order valence-corrected chi connectivity index (χ2v) is 2.19. The number of furan rings is 1. The largest absolute Gasteiger partial charge is 0.478 e. The number of aliphatic carboxylic acids is 1. The zero-order valence-corrected chi connectivity index (χ0v) is 6.13. The van der Waals surface area contributed by atoms with E-state index < -0.39 is 5.97 Å². The van der Waals surface area contributed by atoms with E-state index in [1.807, 2.05) is 0 Å². The molecule has 0 radical (unpaired) electrons. The highest BCUT2D eigenvalue weighted by Crippen LogP contribution is 2.15. The highest BCUT2D eigenvalue weighted by molar-refractivity contribution is 6.13. The highest BCUT2D eigenvalue weighted by Gasteiger charge is 2.09. The van der Waals surface area contributed by atoms with Crippen molar-refractivity contribution in [2.75, 3.05) is 0 Å². The number of aryl methyl sites for hydroxylation is 1. The third kappa shape index (κ3) is 1.49. The van der Waals surface area contributed by atoms with Gasteiger partial charge in [-0.1, -0.05) is 6.58 Å². The van der Waals surface area contributed by atoms with E-state index in [-0.39, 0.29) is 5.57 Å². The molecule has 0 atom stereocenters. The van der Waals surface area contributed by atoms with Gasteiger partial charge < -0.3 is 9.52 Å². The van der Waals surface area contributed by atoms with Crippen LogP contribution in [0.25, 0.3) is 5.57 Å². The minimum absolute atomic E-state index is 0.0156. The fraction of sp³-hybridized carbons (Fsp3) is 0.125. The summed E-state index contributed by atoms with van der Waals surface area (Å²) in [5.41, 5.74) is -0.0156. The first kappa shape index (κ1) is 7.60. The van der Waals surface area contributed by atoms with Crippen LogP contribution in [0, 0.1) is 6.92 Å². The van der Waals surface area contributed by atoms with Crippen LogP contribution in [0.15, 0.2) is 23.1 Å². The first-order valence-corrected chi connectivity index (χ1v) is 3.10. The van der Waals surface area contributed by atoms with Gasteiger partial charge >= 0.3 is 5.97 Å². The van der Waals surface area contributed by atoms with Crippen LogP contribution in [0.4, 0.5) is 0 Å². The highest BCUT2D eigenvalue weighted by atomic mass is 16.4. The molecular weight excluding hydrogens is 144 g/mol. The Morgan fingerprint density at radius 1 is 1.64 bits per heavy atom. The standard InChI is InChI=1S/C8H8O3/c1-5-3-4-7(11-5)6(2)8(9)10/h3-4H,2H2,1H3,(H,9,10). The molecule has 1 heterocycles. The maximum absolute atomic E-state index is 10.3. The molecule has 0 aliphatic rings. The molecule has 0 bridgehead atoms. The van der Waals surface area contributed by atoms with E-state index in [9.17, 15) is 4.79 Å². The molecule has 3 nitrogen and oxygen atoms in total. The molecule has 0 unspecified atom stereocenters. The van der Waals surface area contributed by atoms with Gasteiger partial charge in [-0.15, -0.1) is 0 Å². The van der Waals surface area contributed by atoms with E-state index in [0.717, 1.165) is 0 Å². The minimum Gasteiger partial charge on any atom is -0.478 e. The van der Waals surface area contributed by atoms with Crippen LogP contribution in [0.2, 0.25) is 0 Å². The van der Waals surface area contributed by atoms with Gasteiger partial charge in [-0.25, -0.2) is 4.79 Å². The molecule has 0 saturated heterocycles. The predicted molar refractivity (Wildman–Crippen MR) is 40.1 cm³/mol. The van der Waals surface area contributed by atoms with Crippen LogP contribution < -0.4 is 0 Å². The lowest BCUT2D eigenvalue weighted by atomic mass is 10.2. The summed E-state index contributed by atoms with van der Waals surface area (Å²) >= 11 is 0. The Balaban J connectivity index is 2.94. The number of carboxylic acid groups (broad SMARTS) is 1. The molecule has 0 aromatic carbocycles. The van der Waals surface area contributed by atoms with Gasteiger partial charge in [-0.05, 0) is 19.1 Å². The summed E-state index contributed by atoms with van der Waals surface area (Å²) in [7, 11) is 0. The second-order valence-electron chi connectivity index (χ2n) is 2.19. The third-order valence-corrected chi connectivity index (χ3v) is 1.30. The Bertz CT molecular complexity index is 296. The average Bonchev–Trinajstić information content (AvgIpc) is 2.34. The Hall–Kier alpha value is -1.51. The average molecular weight is 152 g/mol. The molecule has 1 aromatic rings. The summed E-state index contributed by atoms with van der Waals surface area (Å²) in [5, 5.41) is 8.49. The summed E-state index contributed by atoms with van der Waals surface area (Å²) in [6.07, 6.45) is 0. The third-order valence-electron chi connectivity index (χ3n) is 1.30. The van der Waals surface area contributed by atoms with E-state index in [0.29, 0.717) is 11.5 Å². The van der Waals surface area contributed by atoms with Gasteiger partial charge in [0.15, 0.2) is 0 Å². The predicted octanol–water partition coefficient (Wildman–Crippen LogP) is 1.69. The fourth-order valence-corrected chi connectivity index (χ4v) is 0.702. The van der Waals surface area contributed by atoms with Gasteiger partial charge in [0.1, 0.15) is 11.5 Å². The molecule has 58 valence electrons. The van der Waals surface area contributed by atoms with Gasteiger partial charge in [0.25, 0.3) is 0 Å². The second kappa shape index (κ2) is 2.62. The lowest BCUT2D eigenvalue weighted by Crippen LogP contribution is -1.95. The molecule has 1 rings (SSSR count). The van der Waals surface area contributed by atoms with Crippen molar-refractivity contribution in [3.8, 4) is 0 Å². The van der Waals surface area contributed by atoms with E-state index in [1.165, 1.54) is 0 Å². The Morgan fingerprint density at radius 3 is 2.64 bits per heavy atom. The first-order chi connectivity index (χ1) is 5.11. The maximum Gasteiger partial charge on any atom is 0.338 e. The van der Waals surface area contributed by atoms with Crippen molar-refractivity contribution in [3.05, 3.63) is 30.2 Å². The smallest absolute Gasteiger partial charge is 0.338 e. The van der Waals surface area contributed by atoms with E-state index >= 15 is 0 Å². The van der Waals surface area contributed by atoms with Crippen molar-refractivity contribution >= 4 is 11.5 Å². The normalized spacial score (nSPS) is 9.55. The van der Waals surface area contributed by atoms with E-state index in [1.54, 1.807) is 19.1 Å². The zero-order chi connectivity index (χ0) is 8.43. The van der Waals surface area contributed by atoms with Crippen LogP contribution >= 0.6 is 0 Å². The van der Waals surface area contributed by atoms with Crippen LogP contribution in [0.1, 0.15) is 11.5 Å². The van der Waals surface area contributed by atoms with Gasteiger partial charge in [0, 0.05) is 0 Å². The van der Waals surface area contributed by atoms with Crippen molar-refractivity contribution in [2.45, 2.75) is 6.92 Å². The van der Waals surface area contributed by atoms with Crippen LogP contribution in [0.5, 0.6) is 0 Å². The number of rotatable bonds is 2. The van der Waals surface area contributed by atoms with Crippen molar-refractivity contribution in [1.29, 1.82) is 0 Å². The van der Waals surface area contributed by atoms with Crippen LogP contribution in [-0.4, -0.2) is 11.1 Å². The molecule has 11 heavy (non-hydrogen) atoms. The lowest BCUT2D eigenvalue weighted by molar-refractivity contribution is -0.130. The van der Waals surface area contributed by atoms with Crippen molar-refractivity contribution in [1.82, 2.24) is 0 Å². The fourth-order valence-electron chi connectivity index (χ4n) is 0.702. The maximum atomic E-state index is 10.3. The monoisotopic (exact) mass is 152 g/mol. The van der Waals surface area contributed by atoms with Gasteiger partial charge in [0.05, 0.1) is 5.57 Å². The Morgan fingerprint density at radius 2 is 2.27 bits per heavy atom. The Kier molecular flexibility index (Phi) is 1.81. The van der Waals surface area contributed by atoms with Crippen molar-refractivity contribution in [2.24, 2.45) is 0 Å². The minimum atomic E-state index is -1.06. The van der Waals surface area contributed by atoms with Gasteiger partial charge in [-0.3, -0.25) is 0 Å².